The number of para-hydroxylation sites is 1. The second kappa shape index (κ2) is 6.66. The van der Waals surface area contributed by atoms with Gasteiger partial charge in [0.2, 0.25) is 5.91 Å². The highest BCUT2D eigenvalue weighted by molar-refractivity contribution is 5.76. The molecule has 0 fully saturated rings. The highest BCUT2D eigenvalue weighted by atomic mass is 16.2. The van der Waals surface area contributed by atoms with E-state index in [0.29, 0.717) is 11.0 Å². The molecular formula is C17H19N5O2. The summed E-state index contributed by atoms with van der Waals surface area (Å²) in [7, 11) is 0. The molecule has 2 aromatic heterocycles. The molecular weight excluding hydrogens is 306 g/mol. The summed E-state index contributed by atoms with van der Waals surface area (Å²) in [5.74, 6) is -0.0861. The molecule has 1 amide bonds. The molecule has 0 aliphatic carbocycles. The first-order chi connectivity index (χ1) is 11.6. The lowest BCUT2D eigenvalue weighted by molar-refractivity contribution is -0.121. The third kappa shape index (κ3) is 3.19. The van der Waals surface area contributed by atoms with Gasteiger partial charge in [0.25, 0.3) is 5.56 Å². The molecule has 0 unspecified atom stereocenters. The van der Waals surface area contributed by atoms with E-state index in [1.54, 1.807) is 4.68 Å². The first kappa shape index (κ1) is 15.9. The number of rotatable bonds is 5. The molecule has 3 rings (SSSR count). The van der Waals surface area contributed by atoms with E-state index in [9.17, 15) is 9.59 Å². The van der Waals surface area contributed by atoms with E-state index in [-0.39, 0.29) is 30.5 Å². The maximum atomic E-state index is 12.5. The zero-order valence-electron chi connectivity index (χ0n) is 13.6. The van der Waals surface area contributed by atoms with Gasteiger partial charge >= 0.3 is 0 Å². The molecule has 0 saturated heterocycles. The highest BCUT2D eigenvalue weighted by Crippen LogP contribution is 2.12. The summed E-state index contributed by atoms with van der Waals surface area (Å²) in [6.45, 7) is 4.09. The fourth-order valence-corrected chi connectivity index (χ4v) is 2.48. The van der Waals surface area contributed by atoms with Crippen LogP contribution >= 0.6 is 0 Å². The molecule has 7 heteroatoms. The van der Waals surface area contributed by atoms with Crippen molar-refractivity contribution >= 4 is 16.9 Å². The molecule has 0 bridgehead atoms. The lowest BCUT2D eigenvalue weighted by Crippen LogP contribution is -2.32. The quantitative estimate of drug-likeness (QED) is 0.771. The van der Waals surface area contributed by atoms with E-state index in [1.165, 1.54) is 17.1 Å². The van der Waals surface area contributed by atoms with Gasteiger partial charge in [-0.05, 0) is 26.0 Å². The summed E-state index contributed by atoms with van der Waals surface area (Å²) in [6.07, 6.45) is 3.22. The van der Waals surface area contributed by atoms with Crippen molar-refractivity contribution < 1.29 is 4.79 Å². The summed E-state index contributed by atoms with van der Waals surface area (Å²) >= 11 is 0. The van der Waals surface area contributed by atoms with E-state index >= 15 is 0 Å². The summed E-state index contributed by atoms with van der Waals surface area (Å²) in [5.41, 5.74) is 1.15. The number of hydrogen-bond acceptors (Lipinski definition) is 4. The Morgan fingerprint density at radius 2 is 2.00 bits per heavy atom. The zero-order chi connectivity index (χ0) is 17.1. The van der Waals surface area contributed by atoms with Gasteiger partial charge < -0.3 is 5.32 Å². The van der Waals surface area contributed by atoms with Crippen LogP contribution in [-0.2, 0) is 11.3 Å². The number of aromatic nitrogens is 4. The monoisotopic (exact) mass is 325 g/mol. The Labute approximate surface area is 138 Å². The van der Waals surface area contributed by atoms with Crippen LogP contribution in [0.1, 0.15) is 20.3 Å². The first-order valence-corrected chi connectivity index (χ1v) is 7.84. The lowest BCUT2D eigenvalue weighted by Gasteiger charge is -2.09. The van der Waals surface area contributed by atoms with Crippen molar-refractivity contribution in [3.63, 3.8) is 0 Å². The summed E-state index contributed by atoms with van der Waals surface area (Å²) in [4.78, 5) is 28.6. The topological polar surface area (TPSA) is 81.8 Å². The third-order valence-electron chi connectivity index (χ3n) is 3.58. The van der Waals surface area contributed by atoms with E-state index in [2.05, 4.69) is 15.4 Å². The van der Waals surface area contributed by atoms with E-state index in [4.69, 9.17) is 0 Å². The van der Waals surface area contributed by atoms with Crippen LogP contribution in [0, 0.1) is 0 Å². The summed E-state index contributed by atoms with van der Waals surface area (Å²) in [6, 6.07) is 9.59. The smallest absolute Gasteiger partial charge is 0.264 e. The van der Waals surface area contributed by atoms with Crippen LogP contribution in [0.25, 0.3) is 16.7 Å². The first-order valence-electron chi connectivity index (χ1n) is 7.84. The fraction of sp³-hybridized carbons (Fsp3) is 0.294. The van der Waals surface area contributed by atoms with E-state index < -0.39 is 0 Å². The number of nitrogens with one attached hydrogen (secondary N) is 1. The Bertz CT molecular complexity index is 912. The number of carbonyl (C=O) groups is 1. The maximum absolute atomic E-state index is 12.5. The van der Waals surface area contributed by atoms with Crippen molar-refractivity contribution in [1.29, 1.82) is 0 Å². The molecule has 1 aromatic carbocycles. The van der Waals surface area contributed by atoms with Crippen LogP contribution in [0.4, 0.5) is 0 Å². The van der Waals surface area contributed by atoms with Gasteiger partial charge in [0.05, 0.1) is 18.2 Å². The van der Waals surface area contributed by atoms with Gasteiger partial charge in [0.15, 0.2) is 5.65 Å². The van der Waals surface area contributed by atoms with Crippen molar-refractivity contribution in [1.82, 2.24) is 24.6 Å². The zero-order valence-corrected chi connectivity index (χ0v) is 13.6. The molecule has 1 N–H and O–H groups in total. The van der Waals surface area contributed by atoms with Crippen LogP contribution in [0.15, 0.2) is 47.7 Å². The van der Waals surface area contributed by atoms with Gasteiger partial charge in [-0.2, -0.15) is 5.10 Å². The molecule has 0 radical (unpaired) electrons. The van der Waals surface area contributed by atoms with Crippen LogP contribution < -0.4 is 10.9 Å². The van der Waals surface area contributed by atoms with Gasteiger partial charge in [0, 0.05) is 19.0 Å². The molecule has 0 atom stereocenters. The minimum Gasteiger partial charge on any atom is -0.354 e. The van der Waals surface area contributed by atoms with Crippen LogP contribution in [0.5, 0.6) is 0 Å². The van der Waals surface area contributed by atoms with Crippen molar-refractivity contribution in [2.45, 2.75) is 32.9 Å². The second-order valence-electron chi connectivity index (χ2n) is 5.84. The summed E-state index contributed by atoms with van der Waals surface area (Å²) < 4.78 is 3.08. The largest absolute Gasteiger partial charge is 0.354 e. The molecule has 0 saturated carbocycles. The number of nitrogens with zero attached hydrogens (tertiary/aromatic N) is 4. The third-order valence-corrected chi connectivity index (χ3v) is 3.58. The summed E-state index contributed by atoms with van der Waals surface area (Å²) in [5, 5.41) is 7.50. The standard InChI is InChI=1S/C17H19N5O2/c1-12(2)20-15(23)8-9-21-11-18-16-14(17(21)24)10-19-22(16)13-6-4-3-5-7-13/h3-7,10-12H,8-9H2,1-2H3,(H,20,23). The molecule has 0 aliphatic rings. The molecule has 7 nitrogen and oxygen atoms in total. The normalized spacial score (nSPS) is 11.1. The van der Waals surface area contributed by atoms with Crippen LogP contribution in [0.3, 0.4) is 0 Å². The Balaban J connectivity index is 1.87. The lowest BCUT2D eigenvalue weighted by atomic mass is 10.3. The molecule has 2 heterocycles. The minimum atomic E-state index is -0.195. The number of benzene rings is 1. The number of fused-ring (bicyclic) bond motifs is 1. The van der Waals surface area contributed by atoms with E-state index in [0.717, 1.165) is 5.69 Å². The molecule has 0 spiro atoms. The second-order valence-corrected chi connectivity index (χ2v) is 5.84. The van der Waals surface area contributed by atoms with Gasteiger partial charge in [-0.3, -0.25) is 14.2 Å². The SMILES string of the molecule is CC(C)NC(=O)CCn1cnc2c(cnn2-c2ccccc2)c1=O. The highest BCUT2D eigenvalue weighted by Gasteiger charge is 2.12. The van der Waals surface area contributed by atoms with Crippen molar-refractivity contribution in [2.24, 2.45) is 0 Å². The molecule has 24 heavy (non-hydrogen) atoms. The van der Waals surface area contributed by atoms with Gasteiger partial charge in [0.1, 0.15) is 5.39 Å². The average molecular weight is 325 g/mol. The Morgan fingerprint density at radius 1 is 1.25 bits per heavy atom. The Hall–Kier alpha value is -2.96. The molecule has 3 aromatic rings. The van der Waals surface area contributed by atoms with Crippen LogP contribution in [-0.4, -0.2) is 31.3 Å². The predicted octanol–water partition coefficient (Wildman–Crippen LogP) is 1.50. The average Bonchev–Trinajstić information content (AvgIpc) is 2.99. The maximum Gasteiger partial charge on any atom is 0.264 e. The van der Waals surface area contributed by atoms with E-state index in [1.807, 2.05) is 44.2 Å². The Kier molecular flexibility index (Phi) is 4.41. The number of hydrogen-bond donors (Lipinski definition) is 1. The van der Waals surface area contributed by atoms with Gasteiger partial charge in [-0.15, -0.1) is 0 Å². The number of amides is 1. The molecule has 124 valence electrons. The van der Waals surface area contributed by atoms with Gasteiger partial charge in [-0.25, -0.2) is 9.67 Å². The van der Waals surface area contributed by atoms with Crippen molar-refractivity contribution in [3.05, 3.63) is 53.2 Å². The number of carbonyl (C=O) groups excluding carboxylic acids is 1. The van der Waals surface area contributed by atoms with Gasteiger partial charge in [-0.1, -0.05) is 18.2 Å². The Morgan fingerprint density at radius 3 is 2.71 bits per heavy atom. The van der Waals surface area contributed by atoms with Crippen molar-refractivity contribution in [3.8, 4) is 5.69 Å². The fourth-order valence-electron chi connectivity index (χ4n) is 2.48. The number of aryl methyl sites for hydroxylation is 1. The van der Waals surface area contributed by atoms with Crippen molar-refractivity contribution in [2.75, 3.05) is 0 Å². The van der Waals surface area contributed by atoms with Crippen LogP contribution in [0.2, 0.25) is 0 Å². The molecule has 0 aliphatic heterocycles. The predicted molar refractivity (Wildman–Crippen MR) is 91.0 cm³/mol. The minimum absolute atomic E-state index is 0.0823.